The Balaban J connectivity index is 1.45. The molecule has 2 amide bonds. The van der Waals surface area contributed by atoms with Crippen LogP contribution in [0.4, 0.5) is 0 Å². The Morgan fingerprint density at radius 2 is 2.02 bits per heavy atom. The van der Waals surface area contributed by atoms with Gasteiger partial charge < -0.3 is 36.2 Å². The molecule has 1 aromatic carbocycles. The van der Waals surface area contributed by atoms with E-state index in [0.717, 1.165) is 54.3 Å². The predicted molar refractivity (Wildman–Crippen MR) is 169 cm³/mol. The van der Waals surface area contributed by atoms with Gasteiger partial charge in [-0.3, -0.25) is 14.6 Å². The third-order valence-electron chi connectivity index (χ3n) is 7.89. The highest BCUT2D eigenvalue weighted by molar-refractivity contribution is 7.88. The predicted octanol–water partition coefficient (Wildman–Crippen LogP) is 2.04. The number of amides is 2. The monoisotopic (exact) mass is 630 g/mol. The van der Waals surface area contributed by atoms with Crippen molar-refractivity contribution in [3.8, 4) is 5.75 Å². The van der Waals surface area contributed by atoms with E-state index in [1.165, 1.54) is 0 Å². The standard InChI is InChI=1S/C29H42N8O6S/c1-6-21(33-17(3)30)24(27(38)35-25-28(39)37(43-44-40)29(25,4)5)36-42-16(2)22-9-7-18-15-19(8-10-23(18)41-22)26(31)34-20-11-13-32-14-12-20/h6,8,10,15-16,20,22,25,32,40H,7,9,11-14H2,1-5H3,(H2,30,33)(H2,31,34)(H,35,38)/b21-6-,36-24-. The summed E-state index contributed by atoms with van der Waals surface area (Å²) in [4.78, 5) is 40.7. The zero-order valence-electron chi connectivity index (χ0n) is 25.7. The zero-order valence-corrected chi connectivity index (χ0v) is 26.5. The number of ether oxygens (including phenoxy) is 1. The number of aliphatic imine (C=N–C) groups is 2. The van der Waals surface area contributed by atoms with Gasteiger partial charge in [-0.25, -0.2) is 4.99 Å². The number of piperidine rings is 1. The van der Waals surface area contributed by atoms with Gasteiger partial charge in [0, 0.05) is 5.56 Å². The Morgan fingerprint density at radius 1 is 1.30 bits per heavy atom. The lowest BCUT2D eigenvalue weighted by atomic mass is 9.84. The van der Waals surface area contributed by atoms with Gasteiger partial charge in [-0.1, -0.05) is 11.2 Å². The quantitative estimate of drug-likeness (QED) is 0.0793. The van der Waals surface area contributed by atoms with Gasteiger partial charge in [0.15, 0.2) is 24.1 Å². The molecular formula is C29H42N8O6S. The minimum absolute atomic E-state index is 0.0461. The van der Waals surface area contributed by atoms with E-state index in [-0.39, 0.29) is 41.7 Å². The minimum Gasteiger partial charge on any atom is -0.486 e. The lowest BCUT2D eigenvalue weighted by molar-refractivity contribution is -0.214. The van der Waals surface area contributed by atoms with Crippen molar-refractivity contribution in [1.29, 1.82) is 0 Å². The van der Waals surface area contributed by atoms with Gasteiger partial charge in [0.2, 0.25) is 0 Å². The van der Waals surface area contributed by atoms with Crippen LogP contribution >= 0.6 is 12.3 Å². The van der Waals surface area contributed by atoms with Gasteiger partial charge in [0.25, 0.3) is 11.8 Å². The molecule has 2 fully saturated rings. The van der Waals surface area contributed by atoms with Crippen molar-refractivity contribution in [3.05, 3.63) is 41.1 Å². The molecule has 0 saturated carbocycles. The second-order valence-electron chi connectivity index (χ2n) is 11.5. The number of fused-ring (bicyclic) bond motifs is 1. The van der Waals surface area contributed by atoms with Crippen LogP contribution in [-0.2, 0) is 25.1 Å². The number of allylic oxidation sites excluding steroid dienone is 1. The van der Waals surface area contributed by atoms with Crippen molar-refractivity contribution in [1.82, 2.24) is 15.7 Å². The van der Waals surface area contributed by atoms with Crippen LogP contribution in [0, 0.1) is 0 Å². The molecule has 3 aliphatic heterocycles. The van der Waals surface area contributed by atoms with E-state index in [0.29, 0.717) is 12.3 Å². The summed E-state index contributed by atoms with van der Waals surface area (Å²) in [5, 5.41) is 11.2. The number of carbonyl (C=O) groups is 2. The maximum absolute atomic E-state index is 13.4. The van der Waals surface area contributed by atoms with Crippen LogP contribution in [0.3, 0.4) is 0 Å². The average Bonchev–Trinajstić information content (AvgIpc) is 3.01. The van der Waals surface area contributed by atoms with Crippen LogP contribution in [0.5, 0.6) is 5.75 Å². The van der Waals surface area contributed by atoms with Gasteiger partial charge in [0.1, 0.15) is 23.7 Å². The fourth-order valence-corrected chi connectivity index (χ4v) is 5.65. The third kappa shape index (κ3) is 7.52. The molecule has 240 valence electrons. The molecule has 3 atom stereocenters. The molecule has 44 heavy (non-hydrogen) atoms. The topological polar surface area (TPSA) is 198 Å². The maximum atomic E-state index is 13.4. The Morgan fingerprint density at radius 3 is 2.66 bits per heavy atom. The molecule has 0 aliphatic carbocycles. The zero-order chi connectivity index (χ0) is 32.0. The summed E-state index contributed by atoms with van der Waals surface area (Å²) >= 11 is 0.0461. The van der Waals surface area contributed by atoms with E-state index in [1.54, 1.807) is 40.7 Å². The normalized spacial score (nSPS) is 23.8. The van der Waals surface area contributed by atoms with Crippen molar-refractivity contribution in [2.75, 3.05) is 13.1 Å². The van der Waals surface area contributed by atoms with Gasteiger partial charge in [0.05, 0.1) is 23.1 Å². The molecule has 7 N–H and O–H groups in total. The number of nitrogens with one attached hydrogen (secondary N) is 2. The largest absolute Gasteiger partial charge is 0.486 e. The number of aryl methyl sites for hydroxylation is 1. The summed E-state index contributed by atoms with van der Waals surface area (Å²) in [6.07, 6.45) is 4.03. The van der Waals surface area contributed by atoms with Gasteiger partial charge in [-0.05, 0) is 97.2 Å². The first kappa shape index (κ1) is 33.2. The first-order valence-electron chi connectivity index (χ1n) is 14.6. The highest BCUT2D eigenvalue weighted by Crippen LogP contribution is 2.34. The Kier molecular flexibility index (Phi) is 10.9. The molecule has 3 aliphatic rings. The highest BCUT2D eigenvalue weighted by Gasteiger charge is 2.57. The second kappa shape index (κ2) is 14.4. The van der Waals surface area contributed by atoms with Crippen LogP contribution in [0.25, 0.3) is 0 Å². The molecule has 1 aromatic rings. The molecule has 0 aromatic heterocycles. The number of hydrogen-bond acceptors (Lipinski definition) is 11. The number of hydroxylamine groups is 2. The molecule has 0 radical (unpaired) electrons. The lowest BCUT2D eigenvalue weighted by Gasteiger charge is -2.50. The number of nitrogens with two attached hydrogens (primary N) is 2. The van der Waals surface area contributed by atoms with E-state index in [4.69, 9.17) is 34.9 Å². The van der Waals surface area contributed by atoms with Crippen LogP contribution in [0.1, 0.15) is 65.0 Å². The van der Waals surface area contributed by atoms with Crippen molar-refractivity contribution >= 4 is 41.5 Å². The minimum atomic E-state index is -0.937. The Labute approximate surface area is 261 Å². The van der Waals surface area contributed by atoms with Crippen molar-refractivity contribution in [2.45, 2.75) is 90.1 Å². The van der Waals surface area contributed by atoms with E-state index in [1.807, 2.05) is 18.2 Å². The molecule has 14 nitrogen and oxygen atoms in total. The van der Waals surface area contributed by atoms with Crippen molar-refractivity contribution < 1.29 is 28.0 Å². The average molecular weight is 631 g/mol. The first-order chi connectivity index (χ1) is 21.0. The smallest absolute Gasteiger partial charge is 0.276 e. The molecule has 4 rings (SSSR count). The summed E-state index contributed by atoms with van der Waals surface area (Å²) in [5.74, 6) is 0.251. The number of carbonyl (C=O) groups excluding carboxylic acids is 2. The van der Waals surface area contributed by atoms with Crippen LogP contribution < -0.4 is 26.8 Å². The van der Waals surface area contributed by atoms with Crippen LogP contribution in [0.15, 0.2) is 45.1 Å². The van der Waals surface area contributed by atoms with Crippen LogP contribution in [0.2, 0.25) is 0 Å². The van der Waals surface area contributed by atoms with Crippen molar-refractivity contribution in [2.24, 2.45) is 26.6 Å². The molecule has 2 saturated heterocycles. The molecule has 0 spiro atoms. The Bertz CT molecular complexity index is 1350. The summed E-state index contributed by atoms with van der Waals surface area (Å²) in [6.45, 7) is 10.3. The number of nitrogens with zero attached hydrogens (tertiary/aromatic N) is 4. The number of oxime groups is 1. The third-order valence-corrected chi connectivity index (χ3v) is 8.10. The van der Waals surface area contributed by atoms with Gasteiger partial charge in [-0.15, -0.1) is 0 Å². The number of benzene rings is 1. The molecular weight excluding hydrogens is 588 g/mol. The number of β-lactam (4-membered cyclic amide) rings is 1. The lowest BCUT2D eigenvalue weighted by Crippen LogP contribution is -2.76. The maximum Gasteiger partial charge on any atom is 0.276 e. The number of rotatable bonds is 11. The van der Waals surface area contributed by atoms with Crippen molar-refractivity contribution in [3.63, 3.8) is 0 Å². The molecule has 0 bridgehead atoms. The second-order valence-corrected chi connectivity index (χ2v) is 11.8. The molecule has 15 heteroatoms. The van der Waals surface area contributed by atoms with E-state index >= 15 is 0 Å². The van der Waals surface area contributed by atoms with E-state index in [9.17, 15) is 9.59 Å². The fourth-order valence-electron chi connectivity index (χ4n) is 5.32. The number of amidine groups is 2. The summed E-state index contributed by atoms with van der Waals surface area (Å²) < 4.78 is 20.1. The first-order valence-corrected chi connectivity index (χ1v) is 15.3. The van der Waals surface area contributed by atoms with Gasteiger partial charge >= 0.3 is 0 Å². The highest BCUT2D eigenvalue weighted by atomic mass is 32.2. The number of hydrogen-bond donors (Lipinski definition) is 5. The fraction of sp³-hybridized carbons (Fsp3) is 0.552. The van der Waals surface area contributed by atoms with Crippen LogP contribution in [-0.4, -0.2) is 81.7 Å². The van der Waals surface area contributed by atoms with E-state index in [2.05, 4.69) is 20.8 Å². The molecule has 3 unspecified atom stereocenters. The summed E-state index contributed by atoms with van der Waals surface area (Å²) in [7, 11) is 0. The summed E-state index contributed by atoms with van der Waals surface area (Å²) in [5.41, 5.74) is 13.1. The SMILES string of the molecule is C/C=C(N=C(C)N)/C(=N/OC(C)C1CCc2cc(C(N)=NC3CCNCC3)ccc2O1)C(=O)NC1C(=O)N(OSO)C1(C)C. The van der Waals surface area contributed by atoms with E-state index < -0.39 is 29.5 Å². The summed E-state index contributed by atoms with van der Waals surface area (Å²) in [6, 6.07) is 5.13. The molecule has 3 heterocycles. The Hall–Kier alpha value is -3.66. The van der Waals surface area contributed by atoms with Gasteiger partial charge in [-0.2, -0.15) is 9.35 Å².